The van der Waals surface area contributed by atoms with Gasteiger partial charge < -0.3 is 9.73 Å². The smallest absolute Gasteiger partial charge is 0.223 e. The van der Waals surface area contributed by atoms with Crippen LogP contribution in [0.25, 0.3) is 0 Å². The van der Waals surface area contributed by atoms with Crippen LogP contribution in [0.15, 0.2) is 35.3 Å². The highest BCUT2D eigenvalue weighted by atomic mass is 16.3. The molecule has 24 heavy (non-hydrogen) atoms. The molecular weight excluding hydrogens is 304 g/mol. The number of amides is 1. The van der Waals surface area contributed by atoms with Crippen LogP contribution in [0, 0.1) is 5.92 Å². The summed E-state index contributed by atoms with van der Waals surface area (Å²) in [5.74, 6) is 0.488. The molecule has 0 bridgehead atoms. The number of rotatable bonds is 6. The summed E-state index contributed by atoms with van der Waals surface area (Å²) in [5.41, 5.74) is 2.43. The van der Waals surface area contributed by atoms with Crippen molar-refractivity contribution in [1.82, 2.24) is 20.0 Å². The van der Waals surface area contributed by atoms with Crippen LogP contribution in [-0.2, 0) is 17.9 Å². The number of nitrogens with zero attached hydrogens (tertiary/aromatic N) is 3. The van der Waals surface area contributed by atoms with Crippen LogP contribution in [-0.4, -0.2) is 33.7 Å². The second kappa shape index (κ2) is 6.81. The first-order valence-electron chi connectivity index (χ1n) is 8.83. The average Bonchev–Trinajstić information content (AvgIpc) is 3.16. The van der Waals surface area contributed by atoms with Gasteiger partial charge in [-0.3, -0.25) is 14.4 Å². The molecule has 128 valence electrons. The molecule has 0 saturated heterocycles. The Morgan fingerprint density at radius 3 is 3.04 bits per heavy atom. The maximum absolute atomic E-state index is 12.0. The molecule has 1 N–H and O–H groups in total. The van der Waals surface area contributed by atoms with Crippen molar-refractivity contribution >= 4 is 5.91 Å². The summed E-state index contributed by atoms with van der Waals surface area (Å²) >= 11 is 0. The van der Waals surface area contributed by atoms with E-state index in [1.807, 2.05) is 12.3 Å². The van der Waals surface area contributed by atoms with Gasteiger partial charge in [0.2, 0.25) is 5.91 Å². The zero-order valence-corrected chi connectivity index (χ0v) is 13.9. The number of nitrogens with one attached hydrogen (secondary N) is 1. The summed E-state index contributed by atoms with van der Waals surface area (Å²) in [6, 6.07) is 4.40. The molecule has 1 amide bonds. The third-order valence-corrected chi connectivity index (χ3v) is 5.19. The van der Waals surface area contributed by atoms with Gasteiger partial charge in [0.25, 0.3) is 0 Å². The Labute approximate surface area is 141 Å². The fourth-order valence-electron chi connectivity index (χ4n) is 3.62. The van der Waals surface area contributed by atoms with Gasteiger partial charge in [-0.15, -0.1) is 0 Å². The zero-order chi connectivity index (χ0) is 16.4. The van der Waals surface area contributed by atoms with Gasteiger partial charge >= 0.3 is 0 Å². The van der Waals surface area contributed by atoms with Crippen LogP contribution in [0.3, 0.4) is 0 Å². The summed E-state index contributed by atoms with van der Waals surface area (Å²) < 4.78 is 7.30. The van der Waals surface area contributed by atoms with E-state index in [0.29, 0.717) is 6.04 Å². The highest BCUT2D eigenvalue weighted by molar-refractivity contribution is 5.79. The maximum Gasteiger partial charge on any atom is 0.223 e. The molecular formula is C18H24N4O2. The normalized spacial score (nSPS) is 21.2. The van der Waals surface area contributed by atoms with Crippen LogP contribution in [0.2, 0.25) is 0 Å². The van der Waals surface area contributed by atoms with Crippen molar-refractivity contribution in [3.05, 3.63) is 42.1 Å². The number of fused-ring (bicyclic) bond motifs is 1. The van der Waals surface area contributed by atoms with Gasteiger partial charge in [0.1, 0.15) is 0 Å². The number of furan rings is 1. The lowest BCUT2D eigenvalue weighted by atomic mass is 9.85. The first-order chi connectivity index (χ1) is 11.8. The molecule has 0 aromatic carbocycles. The van der Waals surface area contributed by atoms with E-state index >= 15 is 0 Å². The van der Waals surface area contributed by atoms with Crippen LogP contribution in [0.4, 0.5) is 0 Å². The minimum Gasteiger partial charge on any atom is -0.472 e. The van der Waals surface area contributed by atoms with Gasteiger partial charge in [0.05, 0.1) is 24.3 Å². The first-order valence-corrected chi connectivity index (χ1v) is 8.83. The lowest BCUT2D eigenvalue weighted by Gasteiger charge is -2.34. The van der Waals surface area contributed by atoms with Crippen molar-refractivity contribution in [2.24, 2.45) is 5.92 Å². The number of hydrogen-bond donors (Lipinski definition) is 1. The second-order valence-electron chi connectivity index (χ2n) is 6.93. The third kappa shape index (κ3) is 3.24. The molecule has 2 aromatic rings. The summed E-state index contributed by atoms with van der Waals surface area (Å²) in [6.07, 6.45) is 9.61. The molecule has 0 radical (unpaired) electrons. The Bertz CT molecular complexity index is 675. The summed E-state index contributed by atoms with van der Waals surface area (Å²) in [6.45, 7) is 3.45. The van der Waals surface area contributed by atoms with Crippen molar-refractivity contribution in [3.8, 4) is 0 Å². The van der Waals surface area contributed by atoms with E-state index < -0.39 is 0 Å². The summed E-state index contributed by atoms with van der Waals surface area (Å²) in [4.78, 5) is 14.4. The molecule has 1 fully saturated rings. The number of aromatic nitrogens is 2. The Balaban J connectivity index is 1.35. The van der Waals surface area contributed by atoms with E-state index in [1.54, 1.807) is 12.5 Å². The molecule has 1 saturated carbocycles. The SMILES string of the molecule is O=C(NCC[C@@H]1CN(Cc2ccoc2)Cc2ccnn21)C1CCC1. The molecule has 1 atom stereocenters. The zero-order valence-electron chi connectivity index (χ0n) is 13.9. The Kier molecular flexibility index (Phi) is 4.38. The lowest BCUT2D eigenvalue weighted by Crippen LogP contribution is -2.40. The van der Waals surface area contributed by atoms with Crippen molar-refractivity contribution in [1.29, 1.82) is 0 Å². The Morgan fingerprint density at radius 2 is 2.29 bits per heavy atom. The van der Waals surface area contributed by atoms with Gasteiger partial charge in [0.15, 0.2) is 0 Å². The van der Waals surface area contributed by atoms with Gasteiger partial charge in [-0.25, -0.2) is 0 Å². The fraction of sp³-hybridized carbons (Fsp3) is 0.556. The van der Waals surface area contributed by atoms with Gasteiger partial charge in [-0.2, -0.15) is 5.10 Å². The monoisotopic (exact) mass is 328 g/mol. The molecule has 2 aromatic heterocycles. The van der Waals surface area contributed by atoms with E-state index in [9.17, 15) is 4.79 Å². The van der Waals surface area contributed by atoms with E-state index in [0.717, 1.165) is 45.4 Å². The van der Waals surface area contributed by atoms with Crippen molar-refractivity contribution < 1.29 is 9.21 Å². The predicted octanol–water partition coefficient (Wildman–Crippen LogP) is 2.34. The molecule has 6 nitrogen and oxygen atoms in total. The van der Waals surface area contributed by atoms with Crippen molar-refractivity contribution in [3.63, 3.8) is 0 Å². The molecule has 1 aliphatic carbocycles. The number of carbonyl (C=O) groups excluding carboxylic acids is 1. The molecule has 0 unspecified atom stereocenters. The predicted molar refractivity (Wildman–Crippen MR) is 89.1 cm³/mol. The second-order valence-corrected chi connectivity index (χ2v) is 6.93. The average molecular weight is 328 g/mol. The fourth-order valence-corrected chi connectivity index (χ4v) is 3.62. The van der Waals surface area contributed by atoms with E-state index in [4.69, 9.17) is 4.42 Å². The minimum absolute atomic E-state index is 0.230. The molecule has 3 heterocycles. The minimum atomic E-state index is 0.230. The van der Waals surface area contributed by atoms with Crippen LogP contribution in [0.5, 0.6) is 0 Å². The summed E-state index contributed by atoms with van der Waals surface area (Å²) in [5, 5.41) is 7.59. The quantitative estimate of drug-likeness (QED) is 0.884. The van der Waals surface area contributed by atoms with E-state index in [2.05, 4.69) is 26.1 Å². The van der Waals surface area contributed by atoms with E-state index in [-0.39, 0.29) is 11.8 Å². The maximum atomic E-state index is 12.0. The van der Waals surface area contributed by atoms with Gasteiger partial charge in [-0.05, 0) is 31.4 Å². The van der Waals surface area contributed by atoms with Crippen LogP contribution in [0.1, 0.15) is 43.0 Å². The molecule has 2 aliphatic rings. The van der Waals surface area contributed by atoms with Gasteiger partial charge in [0, 0.05) is 43.9 Å². The number of hydrogen-bond acceptors (Lipinski definition) is 4. The highest BCUT2D eigenvalue weighted by Crippen LogP contribution is 2.27. The van der Waals surface area contributed by atoms with Crippen LogP contribution >= 0.6 is 0 Å². The van der Waals surface area contributed by atoms with Crippen molar-refractivity contribution in [2.75, 3.05) is 13.1 Å². The van der Waals surface area contributed by atoms with E-state index in [1.165, 1.54) is 17.7 Å². The Hall–Kier alpha value is -2.08. The molecule has 6 heteroatoms. The molecule has 0 spiro atoms. The molecule has 1 aliphatic heterocycles. The summed E-state index contributed by atoms with van der Waals surface area (Å²) in [7, 11) is 0. The highest BCUT2D eigenvalue weighted by Gasteiger charge is 2.27. The largest absolute Gasteiger partial charge is 0.472 e. The lowest BCUT2D eigenvalue weighted by molar-refractivity contribution is -0.127. The van der Waals surface area contributed by atoms with Crippen LogP contribution < -0.4 is 5.32 Å². The van der Waals surface area contributed by atoms with Gasteiger partial charge in [-0.1, -0.05) is 6.42 Å². The molecule has 4 rings (SSSR count). The first kappa shape index (κ1) is 15.4. The van der Waals surface area contributed by atoms with Crippen molar-refractivity contribution in [2.45, 2.75) is 44.8 Å². The standard InChI is InChI=1S/C18H24N4O2/c23-18(15-2-1-3-15)19-7-4-16-11-21(10-14-6-9-24-13-14)12-17-5-8-20-22(16)17/h5-6,8-9,13,15-16H,1-4,7,10-12H2,(H,19,23)/t16-/m1/s1. The topological polar surface area (TPSA) is 63.3 Å². The Morgan fingerprint density at radius 1 is 1.38 bits per heavy atom. The third-order valence-electron chi connectivity index (χ3n) is 5.19. The number of carbonyl (C=O) groups is 1.